The lowest BCUT2D eigenvalue weighted by molar-refractivity contribution is -0.112. The maximum atomic E-state index is 12.4. The second-order valence-corrected chi connectivity index (χ2v) is 5.60. The summed E-state index contributed by atoms with van der Waals surface area (Å²) in [4.78, 5) is 26.1. The van der Waals surface area contributed by atoms with Gasteiger partial charge in [-0.1, -0.05) is 25.0 Å². The molecule has 0 aliphatic carbocycles. The standard InChI is InChI=1S/C18H21N3O3/c1-24-18(23)15-8-4-5-9-16(15)20-17(22)14(12-19)13-21-10-6-2-3-7-11-21/h4-5,8-9,13H,2-3,6-7,10-11H2,1H3,(H,20,22)/b14-13-. The van der Waals surface area contributed by atoms with Crippen LogP contribution in [0.25, 0.3) is 0 Å². The van der Waals surface area contributed by atoms with Gasteiger partial charge in [-0.15, -0.1) is 0 Å². The summed E-state index contributed by atoms with van der Waals surface area (Å²) in [7, 11) is 1.28. The molecule has 0 unspecified atom stereocenters. The van der Waals surface area contributed by atoms with E-state index in [2.05, 4.69) is 5.32 Å². The smallest absolute Gasteiger partial charge is 0.339 e. The van der Waals surface area contributed by atoms with Gasteiger partial charge >= 0.3 is 5.97 Å². The number of amides is 1. The first-order valence-electron chi connectivity index (χ1n) is 8.00. The maximum absolute atomic E-state index is 12.4. The summed E-state index contributed by atoms with van der Waals surface area (Å²) < 4.78 is 4.70. The molecule has 1 amide bonds. The van der Waals surface area contributed by atoms with Gasteiger partial charge in [0, 0.05) is 19.3 Å². The molecule has 1 fully saturated rings. The van der Waals surface area contributed by atoms with E-state index in [4.69, 9.17) is 4.74 Å². The summed E-state index contributed by atoms with van der Waals surface area (Å²) in [6.07, 6.45) is 6.07. The highest BCUT2D eigenvalue weighted by Gasteiger charge is 2.17. The number of benzene rings is 1. The molecule has 0 spiro atoms. The minimum absolute atomic E-state index is 0.0246. The van der Waals surface area contributed by atoms with Crippen molar-refractivity contribution in [2.75, 3.05) is 25.5 Å². The lowest BCUT2D eigenvalue weighted by Crippen LogP contribution is -2.22. The number of carbonyl (C=O) groups excluding carboxylic acids is 2. The summed E-state index contributed by atoms with van der Waals surface area (Å²) >= 11 is 0. The highest BCUT2D eigenvalue weighted by atomic mass is 16.5. The third-order valence-corrected chi connectivity index (χ3v) is 3.90. The van der Waals surface area contributed by atoms with Crippen molar-refractivity contribution in [2.24, 2.45) is 0 Å². The van der Waals surface area contributed by atoms with Crippen LogP contribution in [0.1, 0.15) is 36.0 Å². The van der Waals surface area contributed by atoms with E-state index in [1.165, 1.54) is 20.0 Å². The van der Waals surface area contributed by atoms with E-state index in [0.717, 1.165) is 25.9 Å². The van der Waals surface area contributed by atoms with E-state index in [0.29, 0.717) is 5.69 Å². The van der Waals surface area contributed by atoms with Crippen LogP contribution in [0.4, 0.5) is 5.69 Å². The Balaban J connectivity index is 2.15. The van der Waals surface area contributed by atoms with Crippen LogP contribution < -0.4 is 5.32 Å². The first kappa shape index (κ1) is 17.5. The van der Waals surface area contributed by atoms with Crippen molar-refractivity contribution in [2.45, 2.75) is 25.7 Å². The molecule has 1 aliphatic rings. The molecule has 6 heteroatoms. The van der Waals surface area contributed by atoms with Crippen LogP contribution in [0.15, 0.2) is 36.0 Å². The molecule has 1 aromatic rings. The molecule has 0 aromatic heterocycles. The van der Waals surface area contributed by atoms with Crippen molar-refractivity contribution in [3.8, 4) is 6.07 Å². The van der Waals surface area contributed by atoms with Gasteiger partial charge in [-0.3, -0.25) is 4.79 Å². The van der Waals surface area contributed by atoms with Gasteiger partial charge in [-0.25, -0.2) is 4.79 Å². The lowest BCUT2D eigenvalue weighted by atomic mass is 10.1. The number of anilines is 1. The zero-order chi connectivity index (χ0) is 17.4. The van der Waals surface area contributed by atoms with Gasteiger partial charge in [0.2, 0.25) is 0 Å². The number of esters is 1. The van der Waals surface area contributed by atoms with Gasteiger partial charge in [0.25, 0.3) is 5.91 Å². The summed E-state index contributed by atoms with van der Waals surface area (Å²) in [6, 6.07) is 8.49. The highest BCUT2D eigenvalue weighted by Crippen LogP contribution is 2.17. The molecular weight excluding hydrogens is 306 g/mol. The zero-order valence-corrected chi connectivity index (χ0v) is 13.7. The fraction of sp³-hybridized carbons (Fsp3) is 0.389. The Labute approximate surface area is 141 Å². The predicted molar refractivity (Wildman–Crippen MR) is 90.1 cm³/mol. The molecule has 0 atom stereocenters. The predicted octanol–water partition coefficient (Wildman–Crippen LogP) is 2.70. The van der Waals surface area contributed by atoms with E-state index in [-0.39, 0.29) is 11.1 Å². The van der Waals surface area contributed by atoms with Gasteiger partial charge in [0.15, 0.2) is 0 Å². The number of nitrogens with one attached hydrogen (secondary N) is 1. The van der Waals surface area contributed by atoms with Crippen LogP contribution in [0.3, 0.4) is 0 Å². The van der Waals surface area contributed by atoms with E-state index in [9.17, 15) is 14.9 Å². The molecular formula is C18H21N3O3. The van der Waals surface area contributed by atoms with E-state index < -0.39 is 11.9 Å². The molecule has 24 heavy (non-hydrogen) atoms. The quantitative estimate of drug-likeness (QED) is 0.522. The van der Waals surface area contributed by atoms with Crippen LogP contribution in [0.2, 0.25) is 0 Å². The van der Waals surface area contributed by atoms with Gasteiger partial charge in [0.1, 0.15) is 11.6 Å². The number of rotatable bonds is 4. The number of hydrogen-bond acceptors (Lipinski definition) is 5. The molecule has 1 N–H and O–H groups in total. The van der Waals surface area contributed by atoms with Crippen molar-refractivity contribution >= 4 is 17.6 Å². The van der Waals surface area contributed by atoms with E-state index >= 15 is 0 Å². The SMILES string of the molecule is COC(=O)c1ccccc1NC(=O)/C(C#N)=C\N1CCCCCC1. The van der Waals surface area contributed by atoms with Crippen molar-refractivity contribution in [3.05, 3.63) is 41.6 Å². The number of nitriles is 1. The van der Waals surface area contributed by atoms with E-state index in [1.807, 2.05) is 11.0 Å². The number of carbonyl (C=O) groups is 2. The van der Waals surface area contributed by atoms with Crippen LogP contribution >= 0.6 is 0 Å². The van der Waals surface area contributed by atoms with Gasteiger partial charge in [-0.2, -0.15) is 5.26 Å². The van der Waals surface area contributed by atoms with E-state index in [1.54, 1.807) is 30.5 Å². The molecule has 1 aliphatic heterocycles. The topological polar surface area (TPSA) is 82.4 Å². The Kier molecular flexibility index (Phi) is 6.38. The molecule has 0 radical (unpaired) electrons. The number of methoxy groups -OCH3 is 1. The molecule has 126 valence electrons. The van der Waals surface area contributed by atoms with Crippen molar-refractivity contribution in [1.29, 1.82) is 5.26 Å². The Hall–Kier alpha value is -2.81. The third-order valence-electron chi connectivity index (χ3n) is 3.90. The maximum Gasteiger partial charge on any atom is 0.339 e. The average molecular weight is 327 g/mol. The first-order valence-corrected chi connectivity index (χ1v) is 8.00. The van der Waals surface area contributed by atoms with Gasteiger partial charge in [0.05, 0.1) is 18.4 Å². The van der Waals surface area contributed by atoms with Crippen molar-refractivity contribution in [3.63, 3.8) is 0 Å². The van der Waals surface area contributed by atoms with Crippen LogP contribution in [-0.4, -0.2) is 37.0 Å². The lowest BCUT2D eigenvalue weighted by Gasteiger charge is -2.18. The monoisotopic (exact) mass is 327 g/mol. The second kappa shape index (κ2) is 8.73. The molecule has 0 saturated carbocycles. The summed E-state index contributed by atoms with van der Waals surface area (Å²) in [5, 5.41) is 11.9. The summed E-state index contributed by atoms with van der Waals surface area (Å²) in [6.45, 7) is 1.69. The average Bonchev–Trinajstić information content (AvgIpc) is 2.88. The third kappa shape index (κ3) is 4.59. The Morgan fingerprint density at radius 2 is 1.88 bits per heavy atom. The second-order valence-electron chi connectivity index (χ2n) is 5.60. The minimum atomic E-state index is -0.541. The number of hydrogen-bond donors (Lipinski definition) is 1. The number of likely N-dealkylation sites (tertiary alicyclic amines) is 1. The Morgan fingerprint density at radius 3 is 2.50 bits per heavy atom. The normalized spacial score (nSPS) is 15.2. The summed E-state index contributed by atoms with van der Waals surface area (Å²) in [5.74, 6) is -1.07. The zero-order valence-electron chi connectivity index (χ0n) is 13.7. The fourth-order valence-corrected chi connectivity index (χ4v) is 2.61. The number of ether oxygens (including phenoxy) is 1. The Bertz CT molecular complexity index is 668. The largest absolute Gasteiger partial charge is 0.465 e. The first-order chi connectivity index (χ1) is 11.7. The molecule has 0 bridgehead atoms. The fourth-order valence-electron chi connectivity index (χ4n) is 2.61. The van der Waals surface area contributed by atoms with Crippen molar-refractivity contribution < 1.29 is 14.3 Å². The van der Waals surface area contributed by atoms with Gasteiger partial charge in [-0.05, 0) is 25.0 Å². The van der Waals surface area contributed by atoms with Crippen molar-refractivity contribution in [1.82, 2.24) is 4.90 Å². The van der Waals surface area contributed by atoms with Crippen LogP contribution in [0.5, 0.6) is 0 Å². The number of nitrogens with zero attached hydrogens (tertiary/aromatic N) is 2. The summed E-state index contributed by atoms with van der Waals surface area (Å²) in [5.41, 5.74) is 0.600. The molecule has 1 heterocycles. The molecule has 1 saturated heterocycles. The van der Waals surface area contributed by atoms with Crippen LogP contribution in [-0.2, 0) is 9.53 Å². The molecule has 2 rings (SSSR count). The minimum Gasteiger partial charge on any atom is -0.465 e. The molecule has 1 aromatic carbocycles. The highest BCUT2D eigenvalue weighted by molar-refractivity contribution is 6.09. The molecule has 6 nitrogen and oxygen atoms in total. The Morgan fingerprint density at radius 1 is 1.21 bits per heavy atom. The van der Waals surface area contributed by atoms with Crippen LogP contribution in [0, 0.1) is 11.3 Å². The van der Waals surface area contributed by atoms with Gasteiger partial charge < -0.3 is 15.0 Å². The number of para-hydroxylation sites is 1.